The van der Waals surface area contributed by atoms with E-state index in [1.54, 1.807) is 0 Å². The van der Waals surface area contributed by atoms with Crippen LogP contribution in [0.2, 0.25) is 0 Å². The van der Waals surface area contributed by atoms with Crippen LogP contribution in [0.15, 0.2) is 95.1 Å². The summed E-state index contributed by atoms with van der Waals surface area (Å²) in [6.07, 6.45) is 0. The number of aromatic nitrogens is 1. The zero-order valence-corrected chi connectivity index (χ0v) is 16.2. The number of fused-ring (bicyclic) bond motifs is 1. The molecular formula is C25H17NO2S. The Morgan fingerprint density at radius 1 is 0.724 bits per heavy atom. The summed E-state index contributed by atoms with van der Waals surface area (Å²) in [7, 11) is 0. The lowest BCUT2D eigenvalue weighted by molar-refractivity contribution is 0.483. The maximum atomic E-state index is 12.6. The number of thiophene rings is 1. The van der Waals surface area contributed by atoms with Crippen molar-refractivity contribution >= 4 is 21.6 Å². The molecule has 0 aliphatic heterocycles. The molecule has 0 atom stereocenters. The molecular weight excluding hydrogens is 378 g/mol. The second-order valence-electron chi connectivity index (χ2n) is 6.84. The third-order valence-corrected chi connectivity index (χ3v) is 5.96. The minimum atomic E-state index is -0.285. The Morgan fingerprint density at radius 2 is 1.34 bits per heavy atom. The van der Waals surface area contributed by atoms with Gasteiger partial charge < -0.3 is 10.1 Å². The van der Waals surface area contributed by atoms with Crippen LogP contribution in [-0.4, -0.2) is 10.1 Å². The molecule has 29 heavy (non-hydrogen) atoms. The summed E-state index contributed by atoms with van der Waals surface area (Å²) >= 11 is 1.43. The van der Waals surface area contributed by atoms with Gasteiger partial charge in [0.25, 0.3) is 5.56 Å². The quantitative estimate of drug-likeness (QED) is 0.377. The van der Waals surface area contributed by atoms with Crippen molar-refractivity contribution in [3.63, 3.8) is 0 Å². The van der Waals surface area contributed by atoms with Crippen LogP contribution >= 0.6 is 11.3 Å². The maximum Gasteiger partial charge on any atom is 0.260 e. The van der Waals surface area contributed by atoms with Crippen molar-refractivity contribution in [2.45, 2.75) is 0 Å². The van der Waals surface area contributed by atoms with Gasteiger partial charge in [-0.25, -0.2) is 0 Å². The Kier molecular flexibility index (Phi) is 4.26. The fraction of sp³-hybridized carbons (Fsp3) is 0. The molecule has 2 aromatic heterocycles. The molecule has 2 N–H and O–H groups in total. The summed E-state index contributed by atoms with van der Waals surface area (Å²) in [5.41, 5.74) is 4.87. The number of aromatic hydroxyl groups is 1. The summed E-state index contributed by atoms with van der Waals surface area (Å²) in [6.45, 7) is 0. The Labute approximate surface area is 171 Å². The van der Waals surface area contributed by atoms with Crippen molar-refractivity contribution < 1.29 is 5.11 Å². The van der Waals surface area contributed by atoms with E-state index in [9.17, 15) is 9.90 Å². The Hall–Kier alpha value is -3.63. The van der Waals surface area contributed by atoms with E-state index in [1.807, 2.05) is 66.0 Å². The standard InChI is InChI=1S/C25H17NO2S/c27-23-21(17-10-5-2-6-11-17)24(28)26-25-22(23)20(15-29-25)19-13-7-12-18(14-19)16-8-3-1-4-9-16/h1-15H,(H2,26,27,28). The summed E-state index contributed by atoms with van der Waals surface area (Å²) in [6, 6.07) is 27.7. The molecule has 0 aliphatic carbocycles. The van der Waals surface area contributed by atoms with Crippen LogP contribution in [0.3, 0.4) is 0 Å². The zero-order chi connectivity index (χ0) is 19.8. The van der Waals surface area contributed by atoms with Crippen LogP contribution in [0, 0.1) is 0 Å². The molecule has 0 unspecified atom stereocenters. The summed E-state index contributed by atoms with van der Waals surface area (Å²) < 4.78 is 0. The SMILES string of the molecule is O=c1[nH]c2scc(-c3cccc(-c4ccccc4)c3)c2c(O)c1-c1ccccc1. The van der Waals surface area contributed by atoms with Crippen molar-refractivity contribution in [2.24, 2.45) is 0 Å². The molecule has 0 saturated carbocycles. The van der Waals surface area contributed by atoms with E-state index in [4.69, 9.17) is 0 Å². The van der Waals surface area contributed by atoms with Gasteiger partial charge in [0.1, 0.15) is 10.6 Å². The first-order valence-electron chi connectivity index (χ1n) is 9.30. The number of nitrogens with one attached hydrogen (secondary N) is 1. The van der Waals surface area contributed by atoms with Gasteiger partial charge in [-0.15, -0.1) is 11.3 Å². The van der Waals surface area contributed by atoms with E-state index >= 15 is 0 Å². The Balaban J connectivity index is 1.73. The third kappa shape index (κ3) is 3.04. The molecule has 140 valence electrons. The smallest absolute Gasteiger partial charge is 0.260 e. The molecule has 5 aromatic rings. The fourth-order valence-corrected chi connectivity index (χ4v) is 4.63. The number of hydrogen-bond acceptors (Lipinski definition) is 3. The molecule has 0 aliphatic rings. The summed E-state index contributed by atoms with van der Waals surface area (Å²) in [5, 5.41) is 13.8. The largest absolute Gasteiger partial charge is 0.506 e. The van der Waals surface area contributed by atoms with Crippen molar-refractivity contribution in [1.29, 1.82) is 0 Å². The molecule has 0 bridgehead atoms. The van der Waals surface area contributed by atoms with Gasteiger partial charge in [0.15, 0.2) is 0 Å². The monoisotopic (exact) mass is 395 g/mol. The average Bonchev–Trinajstić information content (AvgIpc) is 3.19. The van der Waals surface area contributed by atoms with Crippen LogP contribution in [0.4, 0.5) is 0 Å². The lowest BCUT2D eigenvalue weighted by atomic mass is 9.97. The van der Waals surface area contributed by atoms with E-state index < -0.39 is 0 Å². The highest BCUT2D eigenvalue weighted by Gasteiger charge is 2.19. The molecule has 0 spiro atoms. The lowest BCUT2D eigenvalue weighted by Gasteiger charge is -2.09. The van der Waals surface area contributed by atoms with Crippen molar-refractivity contribution in [3.05, 3.63) is 101 Å². The van der Waals surface area contributed by atoms with Crippen LogP contribution < -0.4 is 5.56 Å². The van der Waals surface area contributed by atoms with Crippen LogP contribution in [0.1, 0.15) is 0 Å². The Bertz CT molecular complexity index is 1370. The topological polar surface area (TPSA) is 53.1 Å². The summed E-state index contributed by atoms with van der Waals surface area (Å²) in [4.78, 5) is 16.2. The number of H-pyrrole nitrogens is 1. The first-order chi connectivity index (χ1) is 14.2. The third-order valence-electron chi connectivity index (χ3n) is 5.06. The van der Waals surface area contributed by atoms with Gasteiger partial charge in [-0.1, -0.05) is 78.9 Å². The van der Waals surface area contributed by atoms with Crippen molar-refractivity contribution in [1.82, 2.24) is 4.98 Å². The normalized spacial score (nSPS) is 11.0. The van der Waals surface area contributed by atoms with Gasteiger partial charge in [0.05, 0.1) is 10.9 Å². The molecule has 0 saturated heterocycles. The molecule has 0 fully saturated rings. The first-order valence-corrected chi connectivity index (χ1v) is 10.2. The predicted molar refractivity (Wildman–Crippen MR) is 120 cm³/mol. The van der Waals surface area contributed by atoms with Gasteiger partial charge in [-0.05, 0) is 28.3 Å². The lowest BCUT2D eigenvalue weighted by Crippen LogP contribution is -2.08. The minimum absolute atomic E-state index is 0.0244. The van der Waals surface area contributed by atoms with Gasteiger partial charge in [-0.2, -0.15) is 0 Å². The van der Waals surface area contributed by atoms with E-state index in [0.29, 0.717) is 21.3 Å². The number of pyridine rings is 1. The number of aromatic amines is 1. The van der Waals surface area contributed by atoms with Crippen LogP contribution in [0.5, 0.6) is 5.75 Å². The second kappa shape index (κ2) is 7.08. The molecule has 0 amide bonds. The van der Waals surface area contributed by atoms with E-state index in [2.05, 4.69) is 29.2 Å². The summed E-state index contributed by atoms with van der Waals surface area (Å²) in [5.74, 6) is 0.0244. The number of benzene rings is 3. The molecule has 4 heteroatoms. The second-order valence-corrected chi connectivity index (χ2v) is 7.72. The van der Waals surface area contributed by atoms with Crippen molar-refractivity contribution in [3.8, 4) is 39.1 Å². The Morgan fingerprint density at radius 3 is 2.07 bits per heavy atom. The van der Waals surface area contributed by atoms with Crippen molar-refractivity contribution in [2.75, 3.05) is 0 Å². The molecule has 3 aromatic carbocycles. The highest BCUT2D eigenvalue weighted by atomic mass is 32.1. The molecule has 0 radical (unpaired) electrons. The zero-order valence-electron chi connectivity index (χ0n) is 15.4. The van der Waals surface area contributed by atoms with Crippen LogP contribution in [-0.2, 0) is 0 Å². The maximum absolute atomic E-state index is 12.6. The van der Waals surface area contributed by atoms with E-state index in [-0.39, 0.29) is 11.3 Å². The van der Waals surface area contributed by atoms with E-state index in [0.717, 1.165) is 22.3 Å². The molecule has 3 nitrogen and oxygen atoms in total. The molecule has 2 heterocycles. The number of rotatable bonds is 3. The van der Waals surface area contributed by atoms with Gasteiger partial charge in [0.2, 0.25) is 0 Å². The highest BCUT2D eigenvalue weighted by Crippen LogP contribution is 2.42. The predicted octanol–water partition coefficient (Wildman–Crippen LogP) is 6.30. The average molecular weight is 395 g/mol. The van der Waals surface area contributed by atoms with E-state index in [1.165, 1.54) is 11.3 Å². The highest BCUT2D eigenvalue weighted by molar-refractivity contribution is 7.17. The first kappa shape index (κ1) is 17.5. The fourth-order valence-electron chi connectivity index (χ4n) is 3.67. The number of hydrogen-bond donors (Lipinski definition) is 2. The van der Waals surface area contributed by atoms with Gasteiger partial charge in [-0.3, -0.25) is 4.79 Å². The minimum Gasteiger partial charge on any atom is -0.506 e. The van der Waals surface area contributed by atoms with Crippen LogP contribution in [0.25, 0.3) is 43.6 Å². The molecule has 5 rings (SSSR count). The van der Waals surface area contributed by atoms with Gasteiger partial charge >= 0.3 is 0 Å². The van der Waals surface area contributed by atoms with Gasteiger partial charge in [0, 0.05) is 10.9 Å².